The number of hydrogen-bond acceptors (Lipinski definition) is 3. The zero-order valence-electron chi connectivity index (χ0n) is 7.71. The minimum Gasteiger partial charge on any atom is -0.365 e. The molecule has 0 spiro atoms. The molecular formula is C10H8BrClN2S. The molecule has 5 heteroatoms. The molecule has 0 fully saturated rings. The lowest BCUT2D eigenvalue weighted by molar-refractivity contribution is 1.14. The van der Waals surface area contributed by atoms with E-state index in [1.54, 1.807) is 17.5 Å². The van der Waals surface area contributed by atoms with E-state index in [1.807, 2.05) is 12.1 Å². The first-order valence-electron chi connectivity index (χ1n) is 4.32. The van der Waals surface area contributed by atoms with Crippen molar-refractivity contribution in [3.63, 3.8) is 0 Å². The SMILES string of the molecule is Clc1ccc(NCc2cc(Br)cs2)nc1. The van der Waals surface area contributed by atoms with Crippen molar-refractivity contribution in [3.05, 3.63) is 44.1 Å². The number of halogens is 2. The molecule has 78 valence electrons. The van der Waals surface area contributed by atoms with E-state index in [9.17, 15) is 0 Å². The Labute approximate surface area is 105 Å². The Morgan fingerprint density at radius 1 is 1.47 bits per heavy atom. The largest absolute Gasteiger partial charge is 0.365 e. The molecule has 2 aromatic heterocycles. The molecule has 2 aromatic rings. The maximum Gasteiger partial charge on any atom is 0.126 e. The summed E-state index contributed by atoms with van der Waals surface area (Å²) in [4.78, 5) is 5.41. The number of pyridine rings is 1. The van der Waals surface area contributed by atoms with E-state index in [4.69, 9.17) is 11.6 Å². The second-order valence-electron chi connectivity index (χ2n) is 2.95. The quantitative estimate of drug-likeness (QED) is 0.920. The van der Waals surface area contributed by atoms with Gasteiger partial charge in [-0.15, -0.1) is 11.3 Å². The van der Waals surface area contributed by atoms with Crippen LogP contribution in [0.1, 0.15) is 4.88 Å². The Morgan fingerprint density at radius 3 is 2.93 bits per heavy atom. The fourth-order valence-corrected chi connectivity index (χ4v) is 2.61. The Bertz CT molecular complexity index is 441. The average molecular weight is 304 g/mol. The minimum absolute atomic E-state index is 0.652. The second-order valence-corrected chi connectivity index (χ2v) is 5.29. The Hall–Kier alpha value is -0.580. The molecule has 0 aliphatic carbocycles. The summed E-state index contributed by atoms with van der Waals surface area (Å²) in [6, 6.07) is 5.78. The number of nitrogens with one attached hydrogen (secondary N) is 1. The molecule has 0 saturated heterocycles. The van der Waals surface area contributed by atoms with Gasteiger partial charge in [0, 0.05) is 20.9 Å². The summed E-state index contributed by atoms with van der Waals surface area (Å²) in [5, 5.41) is 5.94. The third kappa shape index (κ3) is 3.19. The van der Waals surface area contributed by atoms with Crippen LogP contribution in [0.5, 0.6) is 0 Å². The van der Waals surface area contributed by atoms with Gasteiger partial charge in [-0.25, -0.2) is 4.98 Å². The molecule has 2 heterocycles. The molecule has 0 amide bonds. The fraction of sp³-hybridized carbons (Fsp3) is 0.100. The van der Waals surface area contributed by atoms with Crippen molar-refractivity contribution < 1.29 is 0 Å². The van der Waals surface area contributed by atoms with Gasteiger partial charge in [0.15, 0.2) is 0 Å². The minimum atomic E-state index is 0.652. The average Bonchev–Trinajstić information content (AvgIpc) is 2.64. The summed E-state index contributed by atoms with van der Waals surface area (Å²) in [5.41, 5.74) is 0. The molecule has 0 saturated carbocycles. The summed E-state index contributed by atoms with van der Waals surface area (Å²) < 4.78 is 1.12. The highest BCUT2D eigenvalue weighted by Crippen LogP contribution is 2.20. The lowest BCUT2D eigenvalue weighted by Gasteiger charge is -2.02. The van der Waals surface area contributed by atoms with Crippen molar-refractivity contribution in [1.29, 1.82) is 0 Å². The molecule has 0 bridgehead atoms. The van der Waals surface area contributed by atoms with Crippen LogP contribution in [0.4, 0.5) is 5.82 Å². The topological polar surface area (TPSA) is 24.9 Å². The molecule has 0 unspecified atom stereocenters. The van der Waals surface area contributed by atoms with Crippen LogP contribution in [-0.2, 0) is 6.54 Å². The number of aromatic nitrogens is 1. The molecule has 1 N–H and O–H groups in total. The Kier molecular flexibility index (Phi) is 3.61. The predicted molar refractivity (Wildman–Crippen MR) is 68.6 cm³/mol. The summed E-state index contributed by atoms with van der Waals surface area (Å²) in [7, 11) is 0. The molecule has 0 aromatic carbocycles. The summed E-state index contributed by atoms with van der Waals surface area (Å²) in [6.07, 6.45) is 1.63. The fourth-order valence-electron chi connectivity index (χ4n) is 1.10. The highest BCUT2D eigenvalue weighted by atomic mass is 79.9. The van der Waals surface area contributed by atoms with Crippen LogP contribution in [0.15, 0.2) is 34.2 Å². The van der Waals surface area contributed by atoms with Gasteiger partial charge in [-0.3, -0.25) is 0 Å². The van der Waals surface area contributed by atoms with Gasteiger partial charge in [-0.1, -0.05) is 11.6 Å². The molecule has 2 nitrogen and oxygen atoms in total. The first-order chi connectivity index (χ1) is 7.24. The second kappa shape index (κ2) is 4.96. The monoisotopic (exact) mass is 302 g/mol. The zero-order chi connectivity index (χ0) is 10.7. The normalized spacial score (nSPS) is 10.3. The molecule has 0 aliphatic heterocycles. The molecule has 0 atom stereocenters. The van der Waals surface area contributed by atoms with Crippen molar-refractivity contribution in [2.45, 2.75) is 6.54 Å². The number of rotatable bonds is 3. The number of thiophene rings is 1. The van der Waals surface area contributed by atoms with Crippen molar-refractivity contribution in [3.8, 4) is 0 Å². The third-order valence-electron chi connectivity index (χ3n) is 1.79. The van der Waals surface area contributed by atoms with Gasteiger partial charge in [0.05, 0.1) is 11.6 Å². The van der Waals surface area contributed by atoms with E-state index in [0.29, 0.717) is 5.02 Å². The van der Waals surface area contributed by atoms with Gasteiger partial charge in [0.25, 0.3) is 0 Å². The highest BCUT2D eigenvalue weighted by Gasteiger charge is 1.98. The molecular weight excluding hydrogens is 296 g/mol. The first kappa shape index (κ1) is 10.9. The molecule has 0 radical (unpaired) electrons. The van der Waals surface area contributed by atoms with Crippen LogP contribution < -0.4 is 5.32 Å². The van der Waals surface area contributed by atoms with E-state index >= 15 is 0 Å². The Morgan fingerprint density at radius 2 is 2.33 bits per heavy atom. The standard InChI is InChI=1S/C10H8BrClN2S/c11-7-3-9(15-6-7)5-14-10-2-1-8(12)4-13-10/h1-4,6H,5H2,(H,13,14). The van der Waals surface area contributed by atoms with Crippen molar-refractivity contribution in [2.75, 3.05) is 5.32 Å². The lowest BCUT2D eigenvalue weighted by Crippen LogP contribution is -1.98. The van der Waals surface area contributed by atoms with Crippen molar-refractivity contribution >= 4 is 44.7 Å². The van der Waals surface area contributed by atoms with Crippen molar-refractivity contribution in [1.82, 2.24) is 4.98 Å². The summed E-state index contributed by atoms with van der Waals surface area (Å²) in [5.74, 6) is 0.837. The van der Waals surface area contributed by atoms with Crippen LogP contribution in [0.3, 0.4) is 0 Å². The number of nitrogens with zero attached hydrogens (tertiary/aromatic N) is 1. The zero-order valence-corrected chi connectivity index (χ0v) is 10.9. The van der Waals surface area contributed by atoms with Gasteiger partial charge >= 0.3 is 0 Å². The van der Waals surface area contributed by atoms with Gasteiger partial charge < -0.3 is 5.32 Å². The first-order valence-corrected chi connectivity index (χ1v) is 6.37. The lowest BCUT2D eigenvalue weighted by atomic mass is 10.4. The maximum absolute atomic E-state index is 5.74. The Balaban J connectivity index is 1.96. The van der Waals surface area contributed by atoms with Crippen molar-refractivity contribution in [2.24, 2.45) is 0 Å². The van der Waals surface area contributed by atoms with Crippen LogP contribution in [-0.4, -0.2) is 4.98 Å². The smallest absolute Gasteiger partial charge is 0.126 e. The van der Waals surface area contributed by atoms with E-state index in [-0.39, 0.29) is 0 Å². The third-order valence-corrected chi connectivity index (χ3v) is 3.71. The van der Waals surface area contributed by atoms with E-state index in [1.165, 1.54) is 4.88 Å². The van der Waals surface area contributed by atoms with Crippen LogP contribution in [0, 0.1) is 0 Å². The van der Waals surface area contributed by atoms with E-state index in [2.05, 4.69) is 37.7 Å². The number of hydrogen-bond donors (Lipinski definition) is 1. The molecule has 15 heavy (non-hydrogen) atoms. The maximum atomic E-state index is 5.74. The van der Waals surface area contributed by atoms with Crippen LogP contribution in [0.25, 0.3) is 0 Å². The van der Waals surface area contributed by atoms with E-state index < -0.39 is 0 Å². The van der Waals surface area contributed by atoms with Gasteiger partial charge in [0.2, 0.25) is 0 Å². The van der Waals surface area contributed by atoms with Crippen LogP contribution in [0.2, 0.25) is 5.02 Å². The highest BCUT2D eigenvalue weighted by molar-refractivity contribution is 9.10. The van der Waals surface area contributed by atoms with Gasteiger partial charge in [-0.05, 0) is 34.1 Å². The molecule has 2 rings (SSSR count). The van der Waals surface area contributed by atoms with Gasteiger partial charge in [-0.2, -0.15) is 0 Å². The van der Waals surface area contributed by atoms with Gasteiger partial charge in [0.1, 0.15) is 5.82 Å². The summed E-state index contributed by atoms with van der Waals surface area (Å²) in [6.45, 7) is 0.783. The van der Waals surface area contributed by atoms with E-state index in [0.717, 1.165) is 16.8 Å². The predicted octanol–water partition coefficient (Wildman–Crippen LogP) is 4.17. The summed E-state index contributed by atoms with van der Waals surface area (Å²) >= 11 is 10.9. The number of anilines is 1. The van der Waals surface area contributed by atoms with Crippen LogP contribution >= 0.6 is 38.9 Å². The molecule has 0 aliphatic rings.